The van der Waals surface area contributed by atoms with Crippen LogP contribution in [0.3, 0.4) is 0 Å². The Morgan fingerprint density at radius 2 is 1.50 bits per heavy atom. The SMILES string of the molecule is Fc1cc(Cl)ccc1OCC1CC(O[Si](c2ccccc2)c2ccccc2)C1. The monoisotopic (exact) mass is 411 g/mol. The Morgan fingerprint density at radius 3 is 2.07 bits per heavy atom. The van der Waals surface area contributed by atoms with E-state index in [1.807, 2.05) is 12.1 Å². The van der Waals surface area contributed by atoms with Crippen molar-refractivity contribution in [2.24, 2.45) is 5.92 Å². The van der Waals surface area contributed by atoms with Crippen molar-refractivity contribution in [2.75, 3.05) is 6.61 Å². The van der Waals surface area contributed by atoms with Gasteiger partial charge in [0.2, 0.25) is 0 Å². The predicted molar refractivity (Wildman–Crippen MR) is 112 cm³/mol. The summed E-state index contributed by atoms with van der Waals surface area (Å²) in [7, 11) is -1.28. The molecule has 1 aliphatic rings. The highest BCUT2D eigenvalue weighted by Gasteiger charge is 2.34. The molecule has 0 aliphatic heterocycles. The molecule has 1 saturated carbocycles. The number of halogens is 2. The molecular formula is C23H21ClFO2Si. The van der Waals surface area contributed by atoms with E-state index in [1.54, 1.807) is 12.1 Å². The van der Waals surface area contributed by atoms with E-state index >= 15 is 0 Å². The van der Waals surface area contributed by atoms with Gasteiger partial charge < -0.3 is 9.16 Å². The van der Waals surface area contributed by atoms with Gasteiger partial charge in [-0.25, -0.2) is 4.39 Å². The first-order valence-electron chi connectivity index (χ1n) is 9.41. The summed E-state index contributed by atoms with van der Waals surface area (Å²) in [5.74, 6) is 0.222. The van der Waals surface area contributed by atoms with Crippen LogP contribution in [0.15, 0.2) is 78.9 Å². The van der Waals surface area contributed by atoms with Gasteiger partial charge in [-0.05, 0) is 47.3 Å². The van der Waals surface area contributed by atoms with Crippen molar-refractivity contribution in [1.82, 2.24) is 0 Å². The Morgan fingerprint density at radius 1 is 0.893 bits per heavy atom. The Balaban J connectivity index is 1.34. The van der Waals surface area contributed by atoms with Gasteiger partial charge in [-0.3, -0.25) is 0 Å². The lowest BCUT2D eigenvalue weighted by molar-refractivity contribution is 0.0390. The van der Waals surface area contributed by atoms with Crippen LogP contribution in [-0.4, -0.2) is 21.8 Å². The van der Waals surface area contributed by atoms with E-state index in [1.165, 1.54) is 16.4 Å². The molecule has 3 aromatic carbocycles. The lowest BCUT2D eigenvalue weighted by atomic mass is 9.83. The quantitative estimate of drug-likeness (QED) is 0.534. The Kier molecular flexibility index (Phi) is 6.10. The smallest absolute Gasteiger partial charge is 0.283 e. The molecule has 28 heavy (non-hydrogen) atoms. The fourth-order valence-electron chi connectivity index (χ4n) is 3.36. The second-order valence-electron chi connectivity index (χ2n) is 7.02. The van der Waals surface area contributed by atoms with E-state index in [9.17, 15) is 4.39 Å². The van der Waals surface area contributed by atoms with Gasteiger partial charge in [-0.15, -0.1) is 0 Å². The zero-order valence-corrected chi connectivity index (χ0v) is 17.1. The van der Waals surface area contributed by atoms with E-state index in [-0.39, 0.29) is 11.9 Å². The standard InChI is InChI=1S/C23H21ClFO2Si/c24-18-11-12-23(22(25)15-18)26-16-17-13-19(14-17)27-28(20-7-3-1-4-8-20)21-9-5-2-6-10-21/h1-12,15,17,19H,13-14,16H2. The molecule has 0 amide bonds. The van der Waals surface area contributed by atoms with Gasteiger partial charge in [0.15, 0.2) is 11.6 Å². The molecule has 0 bridgehead atoms. The van der Waals surface area contributed by atoms with Gasteiger partial charge in [0.1, 0.15) is 0 Å². The highest BCUT2D eigenvalue weighted by atomic mass is 35.5. The van der Waals surface area contributed by atoms with Crippen molar-refractivity contribution < 1.29 is 13.6 Å². The molecule has 0 unspecified atom stereocenters. The third-order valence-corrected chi connectivity index (χ3v) is 7.44. The Labute approximate surface area is 171 Å². The summed E-state index contributed by atoms with van der Waals surface area (Å²) < 4.78 is 26.0. The lowest BCUT2D eigenvalue weighted by Gasteiger charge is -2.37. The van der Waals surface area contributed by atoms with Crippen LogP contribution < -0.4 is 15.1 Å². The predicted octanol–water partition coefficient (Wildman–Crippen LogP) is 4.46. The van der Waals surface area contributed by atoms with E-state index in [0.29, 0.717) is 17.5 Å². The molecule has 4 rings (SSSR count). The summed E-state index contributed by atoms with van der Waals surface area (Å²) in [5, 5.41) is 2.88. The van der Waals surface area contributed by atoms with Gasteiger partial charge >= 0.3 is 0 Å². The van der Waals surface area contributed by atoms with Crippen LogP contribution >= 0.6 is 11.6 Å². The molecule has 0 heterocycles. The fourth-order valence-corrected chi connectivity index (χ4v) is 5.64. The van der Waals surface area contributed by atoms with Crippen molar-refractivity contribution in [1.29, 1.82) is 0 Å². The highest BCUT2D eigenvalue weighted by Crippen LogP contribution is 2.32. The summed E-state index contributed by atoms with van der Waals surface area (Å²) in [6.45, 7) is 0.497. The summed E-state index contributed by atoms with van der Waals surface area (Å²) in [6.07, 6.45) is 2.09. The van der Waals surface area contributed by atoms with Gasteiger partial charge in [0, 0.05) is 11.1 Å². The molecule has 1 radical (unpaired) electrons. The summed E-state index contributed by atoms with van der Waals surface area (Å²) in [5.41, 5.74) is 0. The molecule has 1 fully saturated rings. The third-order valence-electron chi connectivity index (χ3n) is 4.92. The van der Waals surface area contributed by atoms with Crippen LogP contribution in [0.4, 0.5) is 4.39 Å². The number of hydrogen-bond donors (Lipinski definition) is 0. The minimum Gasteiger partial charge on any atom is -0.490 e. The van der Waals surface area contributed by atoms with Crippen LogP contribution in [0.1, 0.15) is 12.8 Å². The molecule has 0 saturated heterocycles. The molecule has 0 spiro atoms. The van der Waals surface area contributed by atoms with Gasteiger partial charge in [-0.1, -0.05) is 72.3 Å². The fraction of sp³-hybridized carbons (Fsp3) is 0.217. The van der Waals surface area contributed by atoms with Gasteiger partial charge in [0.05, 0.1) is 6.61 Å². The van der Waals surface area contributed by atoms with Crippen molar-refractivity contribution in [2.45, 2.75) is 18.9 Å². The molecule has 143 valence electrons. The third kappa shape index (κ3) is 4.63. The van der Waals surface area contributed by atoms with Crippen LogP contribution in [0.5, 0.6) is 5.75 Å². The molecular weight excluding hydrogens is 391 g/mol. The first-order valence-corrected chi connectivity index (χ1v) is 11.2. The Bertz CT molecular complexity index is 861. The number of rotatable bonds is 7. The summed E-state index contributed by atoms with van der Waals surface area (Å²) in [6, 6.07) is 25.4. The van der Waals surface area contributed by atoms with E-state index < -0.39 is 14.9 Å². The van der Waals surface area contributed by atoms with Crippen molar-refractivity contribution in [3.8, 4) is 5.75 Å². The average molecular weight is 412 g/mol. The van der Waals surface area contributed by atoms with Gasteiger partial charge in [0.25, 0.3) is 9.04 Å². The number of ether oxygens (including phenoxy) is 1. The van der Waals surface area contributed by atoms with E-state index in [2.05, 4.69) is 48.5 Å². The van der Waals surface area contributed by atoms with Crippen LogP contribution in [0.25, 0.3) is 0 Å². The minimum atomic E-state index is -1.28. The topological polar surface area (TPSA) is 18.5 Å². The van der Waals surface area contributed by atoms with Crippen LogP contribution in [0.2, 0.25) is 5.02 Å². The van der Waals surface area contributed by atoms with Crippen LogP contribution in [-0.2, 0) is 4.43 Å². The number of benzene rings is 3. The molecule has 1 aliphatic carbocycles. The maximum atomic E-state index is 13.8. The van der Waals surface area contributed by atoms with Crippen molar-refractivity contribution in [3.63, 3.8) is 0 Å². The second-order valence-corrected chi connectivity index (χ2v) is 9.51. The summed E-state index contributed by atoms with van der Waals surface area (Å²) >= 11 is 5.78. The largest absolute Gasteiger partial charge is 0.490 e. The zero-order valence-electron chi connectivity index (χ0n) is 15.4. The average Bonchev–Trinajstić information content (AvgIpc) is 2.69. The first kappa shape index (κ1) is 19.2. The first-order chi connectivity index (χ1) is 13.7. The lowest BCUT2D eigenvalue weighted by Crippen LogP contribution is -2.50. The second kappa shape index (κ2) is 8.91. The molecule has 0 atom stereocenters. The highest BCUT2D eigenvalue weighted by molar-refractivity contribution is 6.80. The molecule has 0 N–H and O–H groups in total. The Hall–Kier alpha value is -2.14. The maximum Gasteiger partial charge on any atom is 0.283 e. The van der Waals surface area contributed by atoms with Gasteiger partial charge in [-0.2, -0.15) is 0 Å². The van der Waals surface area contributed by atoms with Crippen molar-refractivity contribution >= 4 is 31.0 Å². The zero-order chi connectivity index (χ0) is 19.3. The minimum absolute atomic E-state index is 0.220. The molecule has 3 aromatic rings. The molecule has 0 aromatic heterocycles. The molecule has 5 heteroatoms. The number of hydrogen-bond acceptors (Lipinski definition) is 2. The molecule has 2 nitrogen and oxygen atoms in total. The van der Waals surface area contributed by atoms with E-state index in [4.69, 9.17) is 20.8 Å². The maximum absolute atomic E-state index is 13.8. The van der Waals surface area contributed by atoms with E-state index in [0.717, 1.165) is 12.8 Å². The van der Waals surface area contributed by atoms with Crippen LogP contribution in [0, 0.1) is 11.7 Å². The normalized spacial score (nSPS) is 18.7. The summed E-state index contributed by atoms with van der Waals surface area (Å²) in [4.78, 5) is 0. The van der Waals surface area contributed by atoms with Crippen molar-refractivity contribution in [3.05, 3.63) is 89.7 Å².